The fourth-order valence-corrected chi connectivity index (χ4v) is 3.92. The molecule has 3 aromatic carbocycles. The topological polar surface area (TPSA) is 67.9 Å². The summed E-state index contributed by atoms with van der Waals surface area (Å²) in [5.41, 5.74) is 1.18. The van der Waals surface area contributed by atoms with Crippen molar-refractivity contribution in [1.29, 1.82) is 0 Å². The standard InChI is InChI=1S/C25H18ClFN2O4S/c1-32-21-13-15(12-19(26)22(21)33-14-16-7-5-6-10-20(16)27)11-18-23(30)28-25(34)29(24(18)31)17-8-3-2-4-9-17/h2-13H,14H2,1H3,(H,28,30,34). The third kappa shape index (κ3) is 4.78. The lowest BCUT2D eigenvalue weighted by Gasteiger charge is -2.28. The molecule has 0 unspecified atom stereocenters. The maximum atomic E-state index is 13.9. The smallest absolute Gasteiger partial charge is 0.270 e. The fraction of sp³-hybridized carbons (Fsp3) is 0.0800. The van der Waals surface area contributed by atoms with E-state index in [9.17, 15) is 14.0 Å². The average Bonchev–Trinajstić information content (AvgIpc) is 2.82. The van der Waals surface area contributed by atoms with Crippen molar-refractivity contribution in [3.8, 4) is 11.5 Å². The predicted octanol–water partition coefficient (Wildman–Crippen LogP) is 4.90. The number of para-hydroxylation sites is 1. The van der Waals surface area contributed by atoms with Crippen molar-refractivity contribution < 1.29 is 23.5 Å². The first-order valence-electron chi connectivity index (χ1n) is 10.1. The molecule has 4 rings (SSSR count). The summed E-state index contributed by atoms with van der Waals surface area (Å²) >= 11 is 11.6. The van der Waals surface area contributed by atoms with Crippen molar-refractivity contribution in [3.63, 3.8) is 0 Å². The molecule has 0 atom stereocenters. The van der Waals surface area contributed by atoms with Crippen LogP contribution in [0.1, 0.15) is 11.1 Å². The Labute approximate surface area is 205 Å². The quantitative estimate of drug-likeness (QED) is 0.299. The highest BCUT2D eigenvalue weighted by Crippen LogP contribution is 2.38. The largest absolute Gasteiger partial charge is 0.493 e. The van der Waals surface area contributed by atoms with Crippen molar-refractivity contribution in [1.82, 2.24) is 5.32 Å². The van der Waals surface area contributed by atoms with Crippen LogP contribution >= 0.6 is 23.8 Å². The second kappa shape index (κ2) is 10.0. The average molecular weight is 497 g/mol. The number of methoxy groups -OCH3 is 1. The highest BCUT2D eigenvalue weighted by atomic mass is 35.5. The van der Waals surface area contributed by atoms with E-state index in [4.69, 9.17) is 33.3 Å². The first-order chi connectivity index (χ1) is 16.4. The molecule has 0 aliphatic carbocycles. The summed E-state index contributed by atoms with van der Waals surface area (Å²) in [6, 6.07) is 18.1. The molecule has 9 heteroatoms. The number of halogens is 2. The second-order valence-corrected chi connectivity index (χ2v) is 8.00. The van der Waals surface area contributed by atoms with Gasteiger partial charge in [-0.2, -0.15) is 0 Å². The zero-order valence-corrected chi connectivity index (χ0v) is 19.5. The van der Waals surface area contributed by atoms with Gasteiger partial charge in [0, 0.05) is 5.56 Å². The van der Waals surface area contributed by atoms with Crippen molar-refractivity contribution in [2.24, 2.45) is 0 Å². The summed E-state index contributed by atoms with van der Waals surface area (Å²) in [5, 5.41) is 2.69. The van der Waals surface area contributed by atoms with Crippen molar-refractivity contribution in [2.75, 3.05) is 12.0 Å². The molecule has 0 aromatic heterocycles. The summed E-state index contributed by atoms with van der Waals surface area (Å²) in [6.07, 6.45) is 1.39. The van der Waals surface area contributed by atoms with Gasteiger partial charge in [0.25, 0.3) is 11.8 Å². The highest BCUT2D eigenvalue weighted by molar-refractivity contribution is 7.80. The van der Waals surface area contributed by atoms with Gasteiger partial charge in [-0.15, -0.1) is 0 Å². The molecular formula is C25H18ClFN2O4S. The summed E-state index contributed by atoms with van der Waals surface area (Å²) < 4.78 is 25.0. The van der Waals surface area contributed by atoms with Gasteiger partial charge in [0.2, 0.25) is 0 Å². The molecule has 0 spiro atoms. The van der Waals surface area contributed by atoms with E-state index in [2.05, 4.69) is 5.32 Å². The number of thiocarbonyl (C=S) groups is 1. The van der Waals surface area contributed by atoms with Gasteiger partial charge in [0.1, 0.15) is 18.0 Å². The van der Waals surface area contributed by atoms with E-state index in [0.29, 0.717) is 16.8 Å². The van der Waals surface area contributed by atoms with Crippen LogP contribution in [-0.4, -0.2) is 24.0 Å². The molecule has 34 heavy (non-hydrogen) atoms. The van der Waals surface area contributed by atoms with Crippen LogP contribution in [0.5, 0.6) is 11.5 Å². The Morgan fingerprint density at radius 2 is 1.79 bits per heavy atom. The Bertz CT molecular complexity index is 1310. The van der Waals surface area contributed by atoms with Crippen LogP contribution in [0.3, 0.4) is 0 Å². The van der Waals surface area contributed by atoms with Gasteiger partial charge in [0.05, 0.1) is 17.8 Å². The molecule has 0 bridgehead atoms. The summed E-state index contributed by atoms with van der Waals surface area (Å²) in [7, 11) is 1.42. The van der Waals surface area contributed by atoms with Crippen LogP contribution in [0.4, 0.5) is 10.1 Å². The number of ether oxygens (including phenoxy) is 2. The van der Waals surface area contributed by atoms with Crippen molar-refractivity contribution >= 4 is 52.5 Å². The molecule has 1 N–H and O–H groups in total. The van der Waals surface area contributed by atoms with Gasteiger partial charge in [-0.05, 0) is 54.2 Å². The second-order valence-electron chi connectivity index (χ2n) is 7.21. The Kier molecular flexibility index (Phi) is 6.90. The number of rotatable bonds is 6. The van der Waals surface area contributed by atoms with Crippen LogP contribution < -0.4 is 19.7 Å². The number of anilines is 1. The van der Waals surface area contributed by atoms with Gasteiger partial charge in [-0.1, -0.05) is 48.0 Å². The summed E-state index contributed by atoms with van der Waals surface area (Å²) in [6.45, 7) is -0.0619. The Morgan fingerprint density at radius 3 is 2.50 bits per heavy atom. The highest BCUT2D eigenvalue weighted by Gasteiger charge is 2.34. The van der Waals surface area contributed by atoms with E-state index in [1.54, 1.807) is 54.6 Å². The number of carbonyl (C=O) groups excluding carboxylic acids is 2. The number of benzene rings is 3. The number of amides is 2. The zero-order chi connectivity index (χ0) is 24.2. The Balaban J connectivity index is 1.65. The van der Waals surface area contributed by atoms with E-state index >= 15 is 0 Å². The molecule has 172 valence electrons. The fourth-order valence-electron chi connectivity index (χ4n) is 3.36. The van der Waals surface area contributed by atoms with Crippen LogP contribution in [-0.2, 0) is 16.2 Å². The van der Waals surface area contributed by atoms with Gasteiger partial charge >= 0.3 is 0 Å². The minimum Gasteiger partial charge on any atom is -0.493 e. The van der Waals surface area contributed by atoms with Gasteiger partial charge in [-0.25, -0.2) is 4.39 Å². The molecular weight excluding hydrogens is 479 g/mol. The minimum absolute atomic E-state index is 0.00847. The molecule has 0 radical (unpaired) electrons. The predicted molar refractivity (Wildman–Crippen MR) is 131 cm³/mol. The molecule has 0 saturated carbocycles. The van der Waals surface area contributed by atoms with Crippen LogP contribution in [0.25, 0.3) is 6.08 Å². The van der Waals surface area contributed by atoms with Crippen LogP contribution in [0.2, 0.25) is 5.02 Å². The van der Waals surface area contributed by atoms with Crippen LogP contribution in [0.15, 0.2) is 72.3 Å². The van der Waals surface area contributed by atoms with E-state index in [1.807, 2.05) is 0 Å². The molecule has 1 saturated heterocycles. The van der Waals surface area contributed by atoms with Crippen molar-refractivity contribution in [3.05, 3.63) is 94.3 Å². The summed E-state index contributed by atoms with van der Waals surface area (Å²) in [5.74, 6) is -1.13. The number of hydrogen-bond acceptors (Lipinski definition) is 5. The molecule has 3 aromatic rings. The number of nitrogens with zero attached hydrogens (tertiary/aromatic N) is 1. The number of carbonyl (C=O) groups is 2. The Hall–Kier alpha value is -3.75. The third-order valence-corrected chi connectivity index (χ3v) is 5.57. The van der Waals surface area contributed by atoms with Gasteiger partial charge < -0.3 is 9.47 Å². The zero-order valence-electron chi connectivity index (χ0n) is 17.9. The van der Waals surface area contributed by atoms with Crippen LogP contribution in [0, 0.1) is 5.82 Å². The van der Waals surface area contributed by atoms with Gasteiger partial charge in [-0.3, -0.25) is 19.8 Å². The monoisotopic (exact) mass is 496 g/mol. The molecule has 1 fully saturated rings. The normalized spacial score (nSPS) is 14.9. The lowest BCUT2D eigenvalue weighted by Crippen LogP contribution is -2.54. The number of hydrogen-bond donors (Lipinski definition) is 1. The van der Waals surface area contributed by atoms with Crippen molar-refractivity contribution in [2.45, 2.75) is 6.61 Å². The number of nitrogens with one attached hydrogen (secondary N) is 1. The SMILES string of the molecule is COc1cc(C=C2C(=O)NC(=S)N(c3ccccc3)C2=O)cc(Cl)c1OCc1ccccc1F. The Morgan fingerprint density at radius 1 is 1.09 bits per heavy atom. The van der Waals surface area contributed by atoms with E-state index in [-0.39, 0.29) is 33.8 Å². The summed E-state index contributed by atoms with van der Waals surface area (Å²) in [4.78, 5) is 26.9. The maximum Gasteiger partial charge on any atom is 0.270 e. The first kappa shape index (κ1) is 23.4. The van der Waals surface area contributed by atoms with E-state index in [0.717, 1.165) is 0 Å². The van der Waals surface area contributed by atoms with E-state index in [1.165, 1.54) is 30.2 Å². The third-order valence-electron chi connectivity index (χ3n) is 5.01. The molecule has 6 nitrogen and oxygen atoms in total. The first-order valence-corrected chi connectivity index (χ1v) is 10.9. The lowest BCUT2D eigenvalue weighted by atomic mass is 10.1. The lowest BCUT2D eigenvalue weighted by molar-refractivity contribution is -0.122. The molecule has 1 heterocycles. The molecule has 2 amide bonds. The maximum absolute atomic E-state index is 13.9. The van der Waals surface area contributed by atoms with Gasteiger partial charge in [0.15, 0.2) is 16.6 Å². The molecule has 1 aliphatic heterocycles. The minimum atomic E-state index is -0.628. The van der Waals surface area contributed by atoms with E-state index < -0.39 is 17.6 Å². The molecule has 1 aliphatic rings.